The lowest BCUT2D eigenvalue weighted by Gasteiger charge is -2.21. The molecular formula is C15H23ClN2O3. The van der Waals surface area contributed by atoms with Crippen LogP contribution in [0, 0.1) is 0 Å². The topological polar surface area (TPSA) is 61.8 Å². The zero-order valence-corrected chi connectivity index (χ0v) is 13.4. The van der Waals surface area contributed by atoms with Gasteiger partial charge in [-0.05, 0) is 45.2 Å². The van der Waals surface area contributed by atoms with E-state index in [1.54, 1.807) is 36.2 Å². The Bertz CT molecular complexity index is 437. The van der Waals surface area contributed by atoms with E-state index in [0.717, 1.165) is 0 Å². The Morgan fingerprint density at radius 2 is 2.00 bits per heavy atom. The molecule has 0 saturated carbocycles. The highest BCUT2D eigenvalue weighted by molar-refractivity contribution is 6.30. The van der Waals surface area contributed by atoms with Crippen LogP contribution in [0.25, 0.3) is 0 Å². The Labute approximate surface area is 130 Å². The van der Waals surface area contributed by atoms with Gasteiger partial charge in [0, 0.05) is 17.6 Å². The summed E-state index contributed by atoms with van der Waals surface area (Å²) in [6, 6.07) is 7.06. The number of benzene rings is 1. The van der Waals surface area contributed by atoms with E-state index in [1.807, 2.05) is 13.8 Å². The number of aliphatic hydroxyl groups is 1. The summed E-state index contributed by atoms with van der Waals surface area (Å²) in [6.07, 6.45) is -0.669. The Kier molecular flexibility index (Phi) is 7.50. The van der Waals surface area contributed by atoms with E-state index in [9.17, 15) is 9.90 Å². The first-order valence-corrected chi connectivity index (χ1v) is 7.29. The molecule has 0 bridgehead atoms. The zero-order valence-electron chi connectivity index (χ0n) is 12.7. The maximum Gasteiger partial charge on any atom is 0.234 e. The van der Waals surface area contributed by atoms with Crippen molar-refractivity contribution in [3.63, 3.8) is 0 Å². The summed E-state index contributed by atoms with van der Waals surface area (Å²) < 4.78 is 5.46. The fraction of sp³-hybridized carbons (Fsp3) is 0.533. The average molecular weight is 315 g/mol. The van der Waals surface area contributed by atoms with E-state index in [4.69, 9.17) is 16.3 Å². The molecule has 0 fully saturated rings. The quantitative estimate of drug-likeness (QED) is 0.764. The summed E-state index contributed by atoms with van der Waals surface area (Å²) in [5.41, 5.74) is 0. The lowest BCUT2D eigenvalue weighted by molar-refractivity contribution is -0.122. The van der Waals surface area contributed by atoms with E-state index in [1.165, 1.54) is 0 Å². The van der Waals surface area contributed by atoms with Crippen molar-refractivity contribution in [2.45, 2.75) is 26.0 Å². The lowest BCUT2D eigenvalue weighted by Crippen LogP contribution is -2.42. The molecule has 0 heterocycles. The maximum atomic E-state index is 11.6. The van der Waals surface area contributed by atoms with Gasteiger partial charge >= 0.3 is 0 Å². The second kappa shape index (κ2) is 8.87. The number of nitrogens with zero attached hydrogens (tertiary/aromatic N) is 1. The Morgan fingerprint density at radius 3 is 2.57 bits per heavy atom. The van der Waals surface area contributed by atoms with Crippen LogP contribution in [0.3, 0.4) is 0 Å². The zero-order chi connectivity index (χ0) is 15.8. The molecule has 6 heteroatoms. The Balaban J connectivity index is 2.27. The Hall–Kier alpha value is -1.30. The van der Waals surface area contributed by atoms with E-state index in [0.29, 0.717) is 17.3 Å². The molecule has 21 heavy (non-hydrogen) atoms. The van der Waals surface area contributed by atoms with Crippen molar-refractivity contribution in [2.75, 3.05) is 26.7 Å². The molecule has 1 aromatic carbocycles. The molecule has 1 unspecified atom stereocenters. The van der Waals surface area contributed by atoms with Crippen LogP contribution in [0.5, 0.6) is 5.75 Å². The first-order chi connectivity index (χ1) is 9.86. The summed E-state index contributed by atoms with van der Waals surface area (Å²) in [4.78, 5) is 13.3. The SMILES string of the molecule is CC(C)NC(=O)CN(C)CC(O)COc1ccc(Cl)cc1. The van der Waals surface area contributed by atoms with Gasteiger partial charge in [-0.2, -0.15) is 0 Å². The second-order valence-corrected chi connectivity index (χ2v) is 5.77. The molecule has 0 radical (unpaired) electrons. The van der Waals surface area contributed by atoms with Crippen molar-refractivity contribution >= 4 is 17.5 Å². The first kappa shape index (κ1) is 17.8. The van der Waals surface area contributed by atoms with E-state index >= 15 is 0 Å². The summed E-state index contributed by atoms with van der Waals surface area (Å²) in [6.45, 7) is 4.59. The van der Waals surface area contributed by atoms with Crippen molar-refractivity contribution in [3.8, 4) is 5.75 Å². The predicted octanol–water partition coefficient (Wildman–Crippen LogP) is 1.54. The molecule has 118 valence electrons. The number of hydrogen-bond acceptors (Lipinski definition) is 4. The molecule has 1 rings (SSSR count). The minimum Gasteiger partial charge on any atom is -0.491 e. The van der Waals surface area contributed by atoms with Gasteiger partial charge < -0.3 is 15.2 Å². The first-order valence-electron chi connectivity index (χ1n) is 6.91. The number of aliphatic hydroxyl groups excluding tert-OH is 1. The molecule has 5 nitrogen and oxygen atoms in total. The standard InChI is InChI=1S/C15H23ClN2O3/c1-11(2)17-15(20)9-18(3)8-13(19)10-21-14-6-4-12(16)5-7-14/h4-7,11,13,19H,8-10H2,1-3H3,(H,17,20). The monoisotopic (exact) mass is 314 g/mol. The van der Waals surface area contributed by atoms with E-state index < -0.39 is 6.10 Å². The number of carbonyl (C=O) groups excluding carboxylic acids is 1. The Morgan fingerprint density at radius 1 is 1.38 bits per heavy atom. The highest BCUT2D eigenvalue weighted by Crippen LogP contribution is 2.15. The fourth-order valence-electron chi connectivity index (χ4n) is 1.81. The predicted molar refractivity (Wildman–Crippen MR) is 83.7 cm³/mol. The van der Waals surface area contributed by atoms with Gasteiger partial charge in [-0.15, -0.1) is 0 Å². The molecule has 0 spiro atoms. The third kappa shape index (κ3) is 7.90. The maximum absolute atomic E-state index is 11.6. The van der Waals surface area contributed by atoms with Gasteiger partial charge in [0.1, 0.15) is 18.5 Å². The summed E-state index contributed by atoms with van der Waals surface area (Å²) in [5.74, 6) is 0.594. The van der Waals surface area contributed by atoms with E-state index in [-0.39, 0.29) is 25.1 Å². The molecule has 2 N–H and O–H groups in total. The van der Waals surface area contributed by atoms with Gasteiger partial charge in [0.25, 0.3) is 0 Å². The summed E-state index contributed by atoms with van der Waals surface area (Å²) >= 11 is 5.78. The van der Waals surface area contributed by atoms with Gasteiger partial charge in [-0.25, -0.2) is 0 Å². The van der Waals surface area contributed by atoms with Crippen LogP contribution >= 0.6 is 11.6 Å². The lowest BCUT2D eigenvalue weighted by atomic mass is 10.3. The number of halogens is 1. The van der Waals surface area contributed by atoms with Gasteiger partial charge in [-0.3, -0.25) is 9.69 Å². The molecule has 1 amide bonds. The van der Waals surface area contributed by atoms with E-state index in [2.05, 4.69) is 5.32 Å². The van der Waals surface area contributed by atoms with Crippen molar-refractivity contribution in [2.24, 2.45) is 0 Å². The molecule has 1 atom stereocenters. The molecule has 1 aromatic rings. The van der Waals surface area contributed by atoms with Crippen LogP contribution in [0.15, 0.2) is 24.3 Å². The van der Waals surface area contributed by atoms with Crippen molar-refractivity contribution in [3.05, 3.63) is 29.3 Å². The smallest absolute Gasteiger partial charge is 0.234 e. The van der Waals surface area contributed by atoms with Crippen molar-refractivity contribution in [1.82, 2.24) is 10.2 Å². The van der Waals surface area contributed by atoms with Crippen LogP contribution < -0.4 is 10.1 Å². The van der Waals surface area contributed by atoms with Gasteiger partial charge in [-0.1, -0.05) is 11.6 Å². The fourth-order valence-corrected chi connectivity index (χ4v) is 1.94. The second-order valence-electron chi connectivity index (χ2n) is 5.34. The summed E-state index contributed by atoms with van der Waals surface area (Å²) in [5, 5.41) is 13.3. The van der Waals surface area contributed by atoms with Crippen molar-refractivity contribution < 1.29 is 14.6 Å². The minimum absolute atomic E-state index is 0.0571. The molecular weight excluding hydrogens is 292 g/mol. The van der Waals surface area contributed by atoms with Gasteiger partial charge in [0.15, 0.2) is 0 Å². The molecule has 0 aliphatic carbocycles. The van der Waals surface area contributed by atoms with Crippen molar-refractivity contribution in [1.29, 1.82) is 0 Å². The number of rotatable bonds is 8. The van der Waals surface area contributed by atoms with Crippen LogP contribution in [0.1, 0.15) is 13.8 Å². The van der Waals surface area contributed by atoms with Crippen LogP contribution in [-0.2, 0) is 4.79 Å². The molecule has 0 aliphatic heterocycles. The molecule has 0 aliphatic rings. The number of hydrogen-bond donors (Lipinski definition) is 2. The summed E-state index contributed by atoms with van der Waals surface area (Å²) in [7, 11) is 1.78. The number of nitrogens with one attached hydrogen (secondary N) is 1. The largest absolute Gasteiger partial charge is 0.491 e. The normalized spacial score (nSPS) is 12.5. The molecule has 0 aromatic heterocycles. The van der Waals surface area contributed by atoms with Gasteiger partial charge in [0.2, 0.25) is 5.91 Å². The average Bonchev–Trinajstić information content (AvgIpc) is 2.36. The number of ether oxygens (including phenoxy) is 1. The van der Waals surface area contributed by atoms with Crippen LogP contribution in [-0.4, -0.2) is 54.8 Å². The number of amides is 1. The third-order valence-electron chi connectivity index (χ3n) is 2.64. The number of carbonyl (C=O) groups is 1. The van der Waals surface area contributed by atoms with Crippen LogP contribution in [0.2, 0.25) is 5.02 Å². The highest BCUT2D eigenvalue weighted by Gasteiger charge is 2.12. The number of likely N-dealkylation sites (N-methyl/N-ethyl adjacent to an activating group) is 1. The van der Waals surface area contributed by atoms with Gasteiger partial charge in [0.05, 0.1) is 6.54 Å². The third-order valence-corrected chi connectivity index (χ3v) is 2.89. The van der Waals surface area contributed by atoms with Crippen LogP contribution in [0.4, 0.5) is 0 Å². The minimum atomic E-state index is -0.669. The molecule has 0 saturated heterocycles. The highest BCUT2D eigenvalue weighted by atomic mass is 35.5.